The number of pyridine rings is 1. The summed E-state index contributed by atoms with van der Waals surface area (Å²) in [5, 5.41) is 10.2. The van der Waals surface area contributed by atoms with E-state index in [1.165, 1.54) is 0 Å². The average Bonchev–Trinajstić information content (AvgIpc) is 3.40. The Kier molecular flexibility index (Phi) is 5.02. The molecule has 2 saturated heterocycles. The van der Waals surface area contributed by atoms with Crippen molar-refractivity contribution < 1.29 is 24.1 Å². The molecule has 2 aromatic heterocycles. The van der Waals surface area contributed by atoms with E-state index in [1.807, 2.05) is 18.2 Å². The van der Waals surface area contributed by atoms with Crippen molar-refractivity contribution in [2.75, 3.05) is 13.2 Å². The maximum atomic E-state index is 9.86. The third-order valence-electron chi connectivity index (χ3n) is 5.36. The van der Waals surface area contributed by atoms with E-state index in [0.717, 1.165) is 5.56 Å². The van der Waals surface area contributed by atoms with E-state index < -0.39 is 6.10 Å². The molecule has 9 heteroatoms. The SMILES string of the molecule is CC(C)c1cccc(Oc2nc3nc(O[C@@H]4CO[C@H]5[C@@H]4OC[C@H]5O)[nH]c3cc2Cl)c1. The van der Waals surface area contributed by atoms with Crippen molar-refractivity contribution in [3.63, 3.8) is 0 Å². The number of halogens is 1. The Morgan fingerprint density at radius 2 is 2.00 bits per heavy atom. The van der Waals surface area contributed by atoms with Crippen LogP contribution in [0.25, 0.3) is 11.2 Å². The monoisotopic (exact) mass is 431 g/mol. The molecule has 0 bridgehead atoms. The smallest absolute Gasteiger partial charge is 0.296 e. The molecule has 4 atom stereocenters. The molecule has 3 aromatic rings. The van der Waals surface area contributed by atoms with Crippen molar-refractivity contribution in [3.05, 3.63) is 40.9 Å². The molecule has 1 aromatic carbocycles. The predicted octanol–water partition coefficient (Wildman–Crippen LogP) is 3.43. The van der Waals surface area contributed by atoms with Gasteiger partial charge in [-0.3, -0.25) is 0 Å². The van der Waals surface area contributed by atoms with E-state index in [1.54, 1.807) is 6.07 Å². The second kappa shape index (κ2) is 7.70. The van der Waals surface area contributed by atoms with Crippen LogP contribution in [0, 0.1) is 0 Å². The standard InChI is InChI=1S/C21H22ClN3O5/c1-10(2)11-4-3-5-12(6-11)29-20-13(22)7-14-19(24-20)25-21(23-14)30-16-9-28-17-15(26)8-27-18(16)17/h3-7,10,15-18,26H,8-9H2,1-2H3,(H,23,24,25)/t15-,16-,17-,18-/m1/s1. The van der Waals surface area contributed by atoms with Crippen LogP contribution in [0.2, 0.25) is 5.02 Å². The number of nitrogens with one attached hydrogen (secondary N) is 1. The maximum Gasteiger partial charge on any atom is 0.296 e. The lowest BCUT2D eigenvalue weighted by Gasteiger charge is -2.15. The molecule has 0 saturated carbocycles. The zero-order valence-electron chi connectivity index (χ0n) is 16.5. The van der Waals surface area contributed by atoms with Gasteiger partial charge in [0.05, 0.1) is 18.7 Å². The fourth-order valence-corrected chi connectivity index (χ4v) is 3.93. The van der Waals surface area contributed by atoms with E-state index in [4.69, 9.17) is 30.5 Å². The molecule has 0 unspecified atom stereocenters. The van der Waals surface area contributed by atoms with Crippen LogP contribution in [0.5, 0.6) is 17.6 Å². The lowest BCUT2D eigenvalue weighted by molar-refractivity contribution is 0.00706. The molecule has 0 aliphatic carbocycles. The van der Waals surface area contributed by atoms with Gasteiger partial charge >= 0.3 is 0 Å². The number of nitrogens with zero attached hydrogens (tertiary/aromatic N) is 2. The van der Waals surface area contributed by atoms with E-state index >= 15 is 0 Å². The number of fused-ring (bicyclic) bond motifs is 2. The van der Waals surface area contributed by atoms with Gasteiger partial charge in [-0.25, -0.2) is 0 Å². The van der Waals surface area contributed by atoms with Crippen LogP contribution in [0.1, 0.15) is 25.3 Å². The molecule has 8 nitrogen and oxygen atoms in total. The summed E-state index contributed by atoms with van der Waals surface area (Å²) in [6.45, 7) is 4.80. The van der Waals surface area contributed by atoms with Gasteiger partial charge in [-0.2, -0.15) is 9.97 Å². The van der Waals surface area contributed by atoms with Crippen molar-refractivity contribution >= 4 is 22.8 Å². The van der Waals surface area contributed by atoms with Crippen LogP contribution < -0.4 is 9.47 Å². The molecule has 0 radical (unpaired) electrons. The van der Waals surface area contributed by atoms with Crippen LogP contribution in [0.3, 0.4) is 0 Å². The van der Waals surface area contributed by atoms with Crippen LogP contribution in [-0.2, 0) is 9.47 Å². The second-order valence-electron chi connectivity index (χ2n) is 7.84. The number of imidazole rings is 1. The minimum absolute atomic E-state index is 0.241. The largest absolute Gasteiger partial charge is 0.456 e. The Morgan fingerprint density at radius 3 is 2.83 bits per heavy atom. The Bertz CT molecular complexity index is 1070. The number of aliphatic hydroxyl groups is 1. The van der Waals surface area contributed by atoms with Gasteiger partial charge in [0, 0.05) is 0 Å². The first-order valence-electron chi connectivity index (χ1n) is 9.90. The summed E-state index contributed by atoms with van der Waals surface area (Å²) < 4.78 is 23.0. The first-order chi connectivity index (χ1) is 14.5. The van der Waals surface area contributed by atoms with Crippen molar-refractivity contribution in [2.45, 2.75) is 44.2 Å². The summed E-state index contributed by atoms with van der Waals surface area (Å²) in [7, 11) is 0. The number of hydrogen-bond donors (Lipinski definition) is 2. The van der Waals surface area contributed by atoms with E-state index in [-0.39, 0.29) is 36.8 Å². The minimum atomic E-state index is -0.631. The van der Waals surface area contributed by atoms with E-state index in [2.05, 4.69) is 34.9 Å². The first-order valence-corrected chi connectivity index (χ1v) is 10.3. The molecular formula is C21H22ClN3O5. The highest BCUT2D eigenvalue weighted by Crippen LogP contribution is 2.33. The van der Waals surface area contributed by atoms with Gasteiger partial charge in [-0.1, -0.05) is 37.6 Å². The highest BCUT2D eigenvalue weighted by Gasteiger charge is 2.48. The summed E-state index contributed by atoms with van der Waals surface area (Å²) in [6.07, 6.45) is -1.68. The summed E-state index contributed by atoms with van der Waals surface area (Å²) in [5.41, 5.74) is 2.21. The molecule has 5 rings (SSSR count). The van der Waals surface area contributed by atoms with Crippen molar-refractivity contribution in [1.29, 1.82) is 0 Å². The zero-order chi connectivity index (χ0) is 20.8. The molecule has 2 aliphatic heterocycles. The first kappa shape index (κ1) is 19.6. The Morgan fingerprint density at radius 1 is 1.17 bits per heavy atom. The highest BCUT2D eigenvalue weighted by atomic mass is 35.5. The van der Waals surface area contributed by atoms with Gasteiger partial charge in [0.2, 0.25) is 5.88 Å². The number of aromatic amines is 1. The predicted molar refractivity (Wildman–Crippen MR) is 109 cm³/mol. The van der Waals surface area contributed by atoms with Gasteiger partial charge in [-0.15, -0.1) is 0 Å². The van der Waals surface area contributed by atoms with Crippen LogP contribution >= 0.6 is 11.6 Å². The Balaban J connectivity index is 1.36. The normalized spacial score (nSPS) is 25.8. The van der Waals surface area contributed by atoms with Crippen molar-refractivity contribution in [3.8, 4) is 17.6 Å². The van der Waals surface area contributed by atoms with Crippen molar-refractivity contribution in [1.82, 2.24) is 15.0 Å². The topological polar surface area (TPSA) is 98.7 Å². The molecular weight excluding hydrogens is 410 g/mol. The second-order valence-corrected chi connectivity index (χ2v) is 8.24. The summed E-state index contributed by atoms with van der Waals surface area (Å²) in [5.74, 6) is 1.32. The third-order valence-corrected chi connectivity index (χ3v) is 5.63. The molecule has 2 N–H and O–H groups in total. The molecule has 30 heavy (non-hydrogen) atoms. The molecule has 2 aliphatic rings. The minimum Gasteiger partial charge on any atom is -0.456 e. The van der Waals surface area contributed by atoms with Crippen LogP contribution in [0.15, 0.2) is 30.3 Å². The number of aliphatic hydroxyl groups excluding tert-OH is 1. The van der Waals surface area contributed by atoms with Crippen LogP contribution in [-0.4, -0.2) is 57.7 Å². The van der Waals surface area contributed by atoms with Crippen LogP contribution in [0.4, 0.5) is 0 Å². The fraction of sp³-hybridized carbons (Fsp3) is 0.429. The van der Waals surface area contributed by atoms with Gasteiger partial charge < -0.3 is 29.0 Å². The molecule has 158 valence electrons. The quantitative estimate of drug-likeness (QED) is 0.638. The van der Waals surface area contributed by atoms with Gasteiger partial charge in [-0.05, 0) is 29.7 Å². The van der Waals surface area contributed by atoms with E-state index in [9.17, 15) is 5.11 Å². The third kappa shape index (κ3) is 3.60. The highest BCUT2D eigenvalue weighted by molar-refractivity contribution is 6.32. The number of aromatic nitrogens is 3. The summed E-state index contributed by atoms with van der Waals surface area (Å²) in [6, 6.07) is 9.81. The van der Waals surface area contributed by atoms with Gasteiger partial charge in [0.15, 0.2) is 11.8 Å². The summed E-state index contributed by atoms with van der Waals surface area (Å²) in [4.78, 5) is 11.9. The number of benzene rings is 1. The maximum absolute atomic E-state index is 9.86. The van der Waals surface area contributed by atoms with Gasteiger partial charge in [0.25, 0.3) is 6.01 Å². The lowest BCUT2D eigenvalue weighted by Crippen LogP contribution is -2.34. The zero-order valence-corrected chi connectivity index (χ0v) is 17.3. The molecule has 2 fully saturated rings. The number of H-pyrrole nitrogens is 1. The number of ether oxygens (including phenoxy) is 4. The lowest BCUT2D eigenvalue weighted by atomic mass is 10.0. The molecule has 0 spiro atoms. The Hall–Kier alpha value is -2.39. The summed E-state index contributed by atoms with van der Waals surface area (Å²) >= 11 is 6.38. The number of hydrogen-bond acceptors (Lipinski definition) is 7. The average molecular weight is 432 g/mol. The van der Waals surface area contributed by atoms with Gasteiger partial charge in [0.1, 0.15) is 29.1 Å². The number of rotatable bonds is 5. The fourth-order valence-electron chi connectivity index (χ4n) is 3.74. The molecule has 4 heterocycles. The van der Waals surface area contributed by atoms with Crippen molar-refractivity contribution in [2.24, 2.45) is 0 Å². The molecule has 0 amide bonds. The van der Waals surface area contributed by atoms with E-state index in [0.29, 0.717) is 34.5 Å². The Labute approximate surface area is 178 Å².